The van der Waals surface area contributed by atoms with Gasteiger partial charge in [0, 0.05) is 40.0 Å². The second-order valence-electron chi connectivity index (χ2n) is 3.84. The van der Waals surface area contributed by atoms with Crippen LogP contribution in [-0.4, -0.2) is 34.4 Å². The molecule has 0 amide bonds. The highest BCUT2D eigenvalue weighted by Gasteiger charge is 2.05. The number of ether oxygens (including phenoxy) is 1. The van der Waals surface area contributed by atoms with E-state index < -0.39 is 0 Å². The molecule has 4 heteroatoms. The third kappa shape index (κ3) is 3.79. The van der Waals surface area contributed by atoms with Crippen molar-refractivity contribution >= 4 is 5.69 Å². The van der Waals surface area contributed by atoms with Crippen LogP contribution in [0.2, 0.25) is 0 Å². The molecule has 0 saturated heterocycles. The number of nitrogens with zero attached hydrogens (tertiary/aromatic N) is 1. The molecule has 1 aromatic rings. The number of benzene rings is 1. The number of methoxy groups -OCH3 is 1. The lowest BCUT2D eigenvalue weighted by Gasteiger charge is -2.17. The van der Waals surface area contributed by atoms with Crippen molar-refractivity contribution in [3.8, 4) is 0 Å². The molecule has 0 aliphatic rings. The van der Waals surface area contributed by atoms with Gasteiger partial charge in [-0.1, -0.05) is 0 Å². The number of hydrogen-bond donors (Lipinski definition) is 1. The molecule has 16 heavy (non-hydrogen) atoms. The molecular formula is C12H19FN2O. The lowest BCUT2D eigenvalue weighted by Crippen LogP contribution is -2.21. The van der Waals surface area contributed by atoms with Crippen molar-refractivity contribution < 1.29 is 9.13 Å². The molecule has 1 rings (SSSR count). The molecule has 1 N–H and O–H groups in total. The van der Waals surface area contributed by atoms with E-state index in [2.05, 4.69) is 5.32 Å². The van der Waals surface area contributed by atoms with Gasteiger partial charge in [-0.15, -0.1) is 0 Å². The summed E-state index contributed by atoms with van der Waals surface area (Å²) >= 11 is 0. The summed E-state index contributed by atoms with van der Waals surface area (Å²) in [6.07, 6.45) is 0. The average molecular weight is 226 g/mol. The molecule has 0 aromatic heterocycles. The van der Waals surface area contributed by atoms with Crippen LogP contribution < -0.4 is 10.2 Å². The van der Waals surface area contributed by atoms with Gasteiger partial charge in [0.25, 0.3) is 0 Å². The Hall–Kier alpha value is -1.13. The van der Waals surface area contributed by atoms with Gasteiger partial charge in [-0.05, 0) is 23.8 Å². The minimum atomic E-state index is -0.200. The fourth-order valence-corrected chi connectivity index (χ4v) is 1.53. The number of hydrogen-bond acceptors (Lipinski definition) is 3. The summed E-state index contributed by atoms with van der Waals surface area (Å²) in [5.41, 5.74) is 1.99. The zero-order chi connectivity index (χ0) is 12.0. The quantitative estimate of drug-likeness (QED) is 0.746. The molecule has 0 spiro atoms. The largest absolute Gasteiger partial charge is 0.383 e. The van der Waals surface area contributed by atoms with Gasteiger partial charge in [0.15, 0.2) is 0 Å². The van der Waals surface area contributed by atoms with Crippen LogP contribution >= 0.6 is 0 Å². The van der Waals surface area contributed by atoms with E-state index in [9.17, 15) is 4.39 Å². The van der Waals surface area contributed by atoms with E-state index in [0.717, 1.165) is 17.8 Å². The van der Waals surface area contributed by atoms with E-state index in [1.54, 1.807) is 19.2 Å². The number of nitrogens with one attached hydrogen (secondary N) is 1. The van der Waals surface area contributed by atoms with Crippen LogP contribution in [0.3, 0.4) is 0 Å². The number of rotatable bonds is 6. The maximum Gasteiger partial charge on any atom is 0.123 e. The van der Waals surface area contributed by atoms with Crippen molar-refractivity contribution in [2.24, 2.45) is 0 Å². The van der Waals surface area contributed by atoms with Crippen LogP contribution in [0, 0.1) is 5.82 Å². The fourth-order valence-electron chi connectivity index (χ4n) is 1.53. The summed E-state index contributed by atoms with van der Waals surface area (Å²) < 4.78 is 18.0. The maximum atomic E-state index is 13.1. The molecule has 0 atom stereocenters. The fraction of sp³-hybridized carbons (Fsp3) is 0.500. The summed E-state index contributed by atoms with van der Waals surface area (Å²) in [6.45, 7) is 2.07. The van der Waals surface area contributed by atoms with Gasteiger partial charge >= 0.3 is 0 Å². The Labute approximate surface area is 96.2 Å². The van der Waals surface area contributed by atoms with Gasteiger partial charge in [-0.2, -0.15) is 0 Å². The Balaban J connectivity index is 2.65. The minimum absolute atomic E-state index is 0.200. The Kier molecular flexibility index (Phi) is 5.22. The first-order chi connectivity index (χ1) is 7.65. The molecule has 0 saturated carbocycles. The van der Waals surface area contributed by atoms with Gasteiger partial charge < -0.3 is 15.0 Å². The lowest BCUT2D eigenvalue weighted by atomic mass is 10.1. The number of halogens is 1. The summed E-state index contributed by atoms with van der Waals surface area (Å²) in [4.78, 5) is 1.98. The Morgan fingerprint density at radius 2 is 2.12 bits per heavy atom. The SMILES string of the molecule is COCCNCc1cc(F)ccc1N(C)C. The first-order valence-corrected chi connectivity index (χ1v) is 5.30. The topological polar surface area (TPSA) is 24.5 Å². The predicted octanol–water partition coefficient (Wildman–Crippen LogP) is 1.63. The summed E-state index contributed by atoms with van der Waals surface area (Å²) in [6, 6.07) is 4.84. The van der Waals surface area contributed by atoms with Crippen LogP contribution in [0.5, 0.6) is 0 Å². The zero-order valence-corrected chi connectivity index (χ0v) is 10.1. The predicted molar refractivity (Wildman–Crippen MR) is 64.3 cm³/mol. The van der Waals surface area contributed by atoms with Gasteiger partial charge in [-0.25, -0.2) is 4.39 Å². The van der Waals surface area contributed by atoms with E-state index >= 15 is 0 Å². The molecule has 0 aliphatic carbocycles. The minimum Gasteiger partial charge on any atom is -0.383 e. The van der Waals surface area contributed by atoms with Crippen LogP contribution in [-0.2, 0) is 11.3 Å². The van der Waals surface area contributed by atoms with E-state index in [4.69, 9.17) is 4.74 Å². The van der Waals surface area contributed by atoms with Gasteiger partial charge in [0.1, 0.15) is 5.82 Å². The zero-order valence-electron chi connectivity index (χ0n) is 10.1. The second kappa shape index (κ2) is 6.45. The van der Waals surface area contributed by atoms with Crippen molar-refractivity contribution in [1.82, 2.24) is 5.32 Å². The molecular weight excluding hydrogens is 207 g/mol. The molecule has 3 nitrogen and oxygen atoms in total. The van der Waals surface area contributed by atoms with Crippen molar-refractivity contribution in [2.75, 3.05) is 39.3 Å². The van der Waals surface area contributed by atoms with E-state index in [0.29, 0.717) is 13.2 Å². The summed E-state index contributed by atoms with van der Waals surface area (Å²) in [5.74, 6) is -0.200. The molecule has 90 valence electrons. The van der Waals surface area contributed by atoms with Crippen molar-refractivity contribution in [1.29, 1.82) is 0 Å². The number of anilines is 1. The van der Waals surface area contributed by atoms with Crippen molar-refractivity contribution in [3.63, 3.8) is 0 Å². The molecule has 0 fully saturated rings. The molecule has 0 bridgehead atoms. The average Bonchev–Trinajstić information content (AvgIpc) is 2.24. The third-order valence-electron chi connectivity index (χ3n) is 2.32. The monoisotopic (exact) mass is 226 g/mol. The second-order valence-corrected chi connectivity index (χ2v) is 3.84. The molecule has 0 radical (unpaired) electrons. The van der Waals surface area contributed by atoms with E-state index in [-0.39, 0.29) is 5.82 Å². The normalized spacial score (nSPS) is 10.5. The van der Waals surface area contributed by atoms with Crippen LogP contribution in [0.4, 0.5) is 10.1 Å². The van der Waals surface area contributed by atoms with Crippen LogP contribution in [0.15, 0.2) is 18.2 Å². The van der Waals surface area contributed by atoms with Gasteiger partial charge in [0.2, 0.25) is 0 Å². The Bertz CT molecular complexity index is 329. The third-order valence-corrected chi connectivity index (χ3v) is 2.32. The van der Waals surface area contributed by atoms with Gasteiger partial charge in [-0.3, -0.25) is 0 Å². The Morgan fingerprint density at radius 1 is 1.38 bits per heavy atom. The van der Waals surface area contributed by atoms with Crippen LogP contribution in [0.1, 0.15) is 5.56 Å². The van der Waals surface area contributed by atoms with Crippen molar-refractivity contribution in [3.05, 3.63) is 29.6 Å². The van der Waals surface area contributed by atoms with Crippen LogP contribution in [0.25, 0.3) is 0 Å². The molecule has 1 aromatic carbocycles. The summed E-state index contributed by atoms with van der Waals surface area (Å²) in [7, 11) is 5.56. The first kappa shape index (κ1) is 12.9. The maximum absolute atomic E-state index is 13.1. The van der Waals surface area contributed by atoms with Crippen molar-refractivity contribution in [2.45, 2.75) is 6.54 Å². The smallest absolute Gasteiger partial charge is 0.123 e. The first-order valence-electron chi connectivity index (χ1n) is 5.30. The van der Waals surface area contributed by atoms with E-state index in [1.165, 1.54) is 6.07 Å². The standard InChI is InChI=1S/C12H19FN2O/c1-15(2)12-5-4-11(13)8-10(12)9-14-6-7-16-3/h4-5,8,14H,6-7,9H2,1-3H3. The molecule has 0 unspecified atom stereocenters. The Morgan fingerprint density at radius 3 is 2.75 bits per heavy atom. The molecule has 0 heterocycles. The highest BCUT2D eigenvalue weighted by atomic mass is 19.1. The highest BCUT2D eigenvalue weighted by Crippen LogP contribution is 2.19. The van der Waals surface area contributed by atoms with E-state index in [1.807, 2.05) is 19.0 Å². The molecule has 0 aliphatic heterocycles. The van der Waals surface area contributed by atoms with Gasteiger partial charge in [0.05, 0.1) is 6.61 Å². The summed E-state index contributed by atoms with van der Waals surface area (Å²) in [5, 5.41) is 3.21. The lowest BCUT2D eigenvalue weighted by molar-refractivity contribution is 0.199. The highest BCUT2D eigenvalue weighted by molar-refractivity contribution is 5.52.